The summed E-state index contributed by atoms with van der Waals surface area (Å²) in [5.74, 6) is -0.457. The molecular formula is C18H12ClF3O4. The highest BCUT2D eigenvalue weighted by Crippen LogP contribution is 2.59. The van der Waals surface area contributed by atoms with Crippen LogP contribution >= 0.6 is 11.6 Å². The van der Waals surface area contributed by atoms with Crippen molar-refractivity contribution in [3.63, 3.8) is 0 Å². The van der Waals surface area contributed by atoms with Crippen molar-refractivity contribution in [1.82, 2.24) is 0 Å². The minimum absolute atomic E-state index is 0.154. The van der Waals surface area contributed by atoms with Crippen LogP contribution in [0.15, 0.2) is 30.3 Å². The van der Waals surface area contributed by atoms with Crippen LogP contribution in [0.2, 0.25) is 5.02 Å². The summed E-state index contributed by atoms with van der Waals surface area (Å²) in [6.45, 7) is 1.45. The average Bonchev–Trinajstić information content (AvgIpc) is 3.14. The Balaban J connectivity index is 1.58. The molecule has 2 aromatic carbocycles. The van der Waals surface area contributed by atoms with Crippen LogP contribution in [-0.2, 0) is 11.0 Å². The Morgan fingerprint density at radius 1 is 1.27 bits per heavy atom. The molecule has 0 bridgehead atoms. The molecule has 0 aromatic heterocycles. The van der Waals surface area contributed by atoms with Crippen molar-refractivity contribution >= 4 is 17.6 Å². The van der Waals surface area contributed by atoms with Crippen molar-refractivity contribution < 1.29 is 32.5 Å². The molecule has 26 heavy (non-hydrogen) atoms. The maximum atomic E-state index is 12.9. The van der Waals surface area contributed by atoms with Gasteiger partial charge in [-0.1, -0.05) is 17.7 Å². The van der Waals surface area contributed by atoms with Crippen molar-refractivity contribution in [1.29, 1.82) is 0 Å². The molecule has 0 radical (unpaired) electrons. The summed E-state index contributed by atoms with van der Waals surface area (Å²) in [5, 5.41) is 8.67. The zero-order valence-corrected chi connectivity index (χ0v) is 14.1. The fraction of sp³-hybridized carbons (Fsp3) is 0.278. The zero-order chi connectivity index (χ0) is 18.8. The molecule has 4 rings (SSSR count). The van der Waals surface area contributed by atoms with E-state index in [1.54, 1.807) is 18.2 Å². The van der Waals surface area contributed by atoms with E-state index in [9.17, 15) is 18.0 Å². The van der Waals surface area contributed by atoms with E-state index in [1.807, 2.05) is 0 Å². The SMILES string of the molecule is Cc1c(Oc2ccc3c(c2)OC2C(C(=O)O)C32)ccc(C(F)(F)F)c1Cl. The monoisotopic (exact) mass is 384 g/mol. The second-order valence-electron chi connectivity index (χ2n) is 6.32. The number of hydrogen-bond donors (Lipinski definition) is 1. The number of benzene rings is 2. The number of rotatable bonds is 3. The molecule has 2 aromatic rings. The fourth-order valence-corrected chi connectivity index (χ4v) is 3.58. The second-order valence-corrected chi connectivity index (χ2v) is 6.70. The minimum Gasteiger partial charge on any atom is -0.488 e. The molecule has 3 unspecified atom stereocenters. The summed E-state index contributed by atoms with van der Waals surface area (Å²) >= 11 is 5.83. The maximum Gasteiger partial charge on any atom is 0.417 e. The van der Waals surface area contributed by atoms with Gasteiger partial charge in [-0.05, 0) is 25.1 Å². The van der Waals surface area contributed by atoms with Gasteiger partial charge in [0.2, 0.25) is 0 Å². The van der Waals surface area contributed by atoms with Gasteiger partial charge >= 0.3 is 12.1 Å². The van der Waals surface area contributed by atoms with Crippen LogP contribution in [0.25, 0.3) is 0 Å². The Bertz CT molecular complexity index is 925. The third-order valence-corrected chi connectivity index (χ3v) is 5.20. The standard InChI is InChI=1S/C18H12ClF3O4/c1-7-11(5-4-10(15(7)19)18(20,21)22)25-8-2-3-9-12(6-8)26-16-13(9)14(16)17(23)24/h2-6,13-14,16H,1H3,(H,23,24). The van der Waals surface area contributed by atoms with E-state index in [4.69, 9.17) is 26.2 Å². The lowest BCUT2D eigenvalue weighted by atomic mass is 10.1. The van der Waals surface area contributed by atoms with Crippen molar-refractivity contribution in [2.75, 3.05) is 0 Å². The molecule has 1 saturated carbocycles. The van der Waals surface area contributed by atoms with Gasteiger partial charge in [0.15, 0.2) is 0 Å². The van der Waals surface area contributed by atoms with Crippen molar-refractivity contribution in [3.8, 4) is 17.2 Å². The van der Waals surface area contributed by atoms with Gasteiger partial charge in [0.1, 0.15) is 29.3 Å². The van der Waals surface area contributed by atoms with Crippen LogP contribution in [0, 0.1) is 12.8 Å². The molecule has 4 nitrogen and oxygen atoms in total. The minimum atomic E-state index is -4.54. The first kappa shape index (κ1) is 17.0. The number of ether oxygens (including phenoxy) is 2. The smallest absolute Gasteiger partial charge is 0.417 e. The van der Waals surface area contributed by atoms with Crippen molar-refractivity contribution in [3.05, 3.63) is 52.0 Å². The number of aliphatic carboxylic acids is 1. The van der Waals surface area contributed by atoms with Crippen LogP contribution in [0.1, 0.15) is 22.6 Å². The van der Waals surface area contributed by atoms with E-state index in [-0.39, 0.29) is 23.3 Å². The molecule has 1 fully saturated rings. The third kappa shape index (κ3) is 2.58. The molecule has 0 amide bonds. The number of hydrogen-bond acceptors (Lipinski definition) is 3. The lowest BCUT2D eigenvalue weighted by molar-refractivity contribution is -0.139. The Morgan fingerprint density at radius 2 is 2.00 bits per heavy atom. The van der Waals surface area contributed by atoms with Gasteiger partial charge in [0, 0.05) is 23.1 Å². The molecule has 0 spiro atoms. The highest BCUT2D eigenvalue weighted by Gasteiger charge is 2.63. The highest BCUT2D eigenvalue weighted by molar-refractivity contribution is 6.32. The predicted octanol–water partition coefficient (Wildman–Crippen LogP) is 5.02. The average molecular weight is 385 g/mol. The molecular weight excluding hydrogens is 373 g/mol. The molecule has 1 aliphatic heterocycles. The van der Waals surface area contributed by atoms with E-state index in [0.29, 0.717) is 11.5 Å². The Labute approximate surface area is 151 Å². The zero-order valence-electron chi connectivity index (χ0n) is 13.3. The number of halogens is 4. The topological polar surface area (TPSA) is 55.8 Å². The lowest BCUT2D eigenvalue weighted by Gasteiger charge is -2.15. The summed E-state index contributed by atoms with van der Waals surface area (Å²) in [4.78, 5) is 11.1. The summed E-state index contributed by atoms with van der Waals surface area (Å²) in [6, 6.07) is 7.05. The van der Waals surface area contributed by atoms with E-state index in [2.05, 4.69) is 0 Å². The number of carbonyl (C=O) groups is 1. The second kappa shape index (κ2) is 5.54. The molecule has 8 heteroatoms. The van der Waals surface area contributed by atoms with Crippen LogP contribution in [0.4, 0.5) is 13.2 Å². The summed E-state index contributed by atoms with van der Waals surface area (Å²) in [5.41, 5.74) is 0.0646. The molecule has 136 valence electrons. The van der Waals surface area contributed by atoms with Gasteiger partial charge in [-0.15, -0.1) is 0 Å². The Morgan fingerprint density at radius 3 is 2.65 bits per heavy atom. The first-order chi connectivity index (χ1) is 12.2. The van der Waals surface area contributed by atoms with Gasteiger partial charge < -0.3 is 14.6 Å². The van der Waals surface area contributed by atoms with E-state index in [1.165, 1.54) is 13.0 Å². The number of alkyl halides is 3. The Hall–Kier alpha value is -2.41. The molecule has 1 aliphatic carbocycles. The molecule has 2 aliphatic rings. The molecule has 1 N–H and O–H groups in total. The van der Waals surface area contributed by atoms with Gasteiger partial charge in [0.05, 0.1) is 10.6 Å². The number of fused-ring (bicyclic) bond motifs is 3. The first-order valence-electron chi connectivity index (χ1n) is 7.76. The van der Waals surface area contributed by atoms with Crippen molar-refractivity contribution in [2.24, 2.45) is 5.92 Å². The summed E-state index contributed by atoms with van der Waals surface area (Å²) in [7, 11) is 0. The quantitative estimate of drug-likeness (QED) is 0.807. The lowest BCUT2D eigenvalue weighted by Crippen LogP contribution is -2.08. The van der Waals surface area contributed by atoms with Gasteiger partial charge in [-0.25, -0.2) is 0 Å². The number of carboxylic acids is 1. The fourth-order valence-electron chi connectivity index (χ4n) is 3.32. The summed E-state index contributed by atoms with van der Waals surface area (Å²) < 4.78 is 49.9. The molecule has 1 heterocycles. The normalized spacial score (nSPS) is 23.0. The van der Waals surface area contributed by atoms with E-state index < -0.39 is 28.6 Å². The molecule has 0 saturated heterocycles. The largest absolute Gasteiger partial charge is 0.488 e. The van der Waals surface area contributed by atoms with Gasteiger partial charge in [-0.3, -0.25) is 4.79 Å². The summed E-state index contributed by atoms with van der Waals surface area (Å²) in [6.07, 6.45) is -4.90. The predicted molar refractivity (Wildman–Crippen MR) is 86.0 cm³/mol. The van der Waals surface area contributed by atoms with E-state index >= 15 is 0 Å². The van der Waals surface area contributed by atoms with E-state index in [0.717, 1.165) is 11.6 Å². The Kier molecular flexibility index (Phi) is 3.63. The van der Waals surface area contributed by atoms with Gasteiger partial charge in [0.25, 0.3) is 0 Å². The van der Waals surface area contributed by atoms with Crippen molar-refractivity contribution in [2.45, 2.75) is 25.1 Å². The third-order valence-electron chi connectivity index (χ3n) is 4.72. The molecule has 3 atom stereocenters. The maximum absolute atomic E-state index is 12.9. The van der Waals surface area contributed by atoms with Gasteiger partial charge in [-0.2, -0.15) is 13.2 Å². The van der Waals surface area contributed by atoms with Crippen LogP contribution in [0.5, 0.6) is 17.2 Å². The highest BCUT2D eigenvalue weighted by atomic mass is 35.5. The first-order valence-corrected chi connectivity index (χ1v) is 8.14. The van der Waals surface area contributed by atoms with Crippen LogP contribution in [-0.4, -0.2) is 17.2 Å². The van der Waals surface area contributed by atoms with Crippen LogP contribution < -0.4 is 9.47 Å². The van der Waals surface area contributed by atoms with Crippen LogP contribution in [0.3, 0.4) is 0 Å². The number of carboxylic acid groups (broad SMARTS) is 1.